The van der Waals surface area contributed by atoms with E-state index in [9.17, 15) is 0 Å². The van der Waals surface area contributed by atoms with Crippen LogP contribution in [0, 0.1) is 0 Å². The first-order valence-corrected chi connectivity index (χ1v) is 14.3. The molecule has 40 heavy (non-hydrogen) atoms. The molecule has 0 aliphatic heterocycles. The van der Waals surface area contributed by atoms with Gasteiger partial charge in [0.05, 0.1) is 16.8 Å². The fourth-order valence-electron chi connectivity index (χ4n) is 4.75. The second-order valence-electron chi connectivity index (χ2n) is 9.22. The Labute approximate surface area is 233 Å². The number of fused-ring (bicyclic) bond motifs is 1. The van der Waals surface area contributed by atoms with Crippen LogP contribution in [0.15, 0.2) is 161 Å². The summed E-state index contributed by atoms with van der Waals surface area (Å²) in [7, 11) is -1.06. The molecule has 0 atom stereocenters. The highest BCUT2D eigenvalue weighted by molar-refractivity contribution is 7.68. The van der Waals surface area contributed by atoms with Crippen molar-refractivity contribution in [3.05, 3.63) is 152 Å². The van der Waals surface area contributed by atoms with Gasteiger partial charge < -0.3 is 17.9 Å². The normalized spacial score (nSPS) is 11.2. The third kappa shape index (κ3) is 4.68. The number of nitrogens with zero attached hydrogens (tertiary/aromatic N) is 2. The van der Waals surface area contributed by atoms with Gasteiger partial charge in [-0.25, -0.2) is 0 Å². The van der Waals surface area contributed by atoms with Crippen molar-refractivity contribution >= 4 is 47.2 Å². The molecule has 0 aliphatic rings. The summed E-state index contributed by atoms with van der Waals surface area (Å²) in [6.07, 6.45) is 5.70. The van der Waals surface area contributed by atoms with Gasteiger partial charge in [-0.3, -0.25) is 4.90 Å². The minimum Gasteiger partial charge on any atom is -0.464 e. The predicted octanol–water partition coefficient (Wildman–Crippen LogP) is 8.71. The van der Waals surface area contributed by atoms with E-state index in [4.69, 9.17) is 13.4 Å². The highest BCUT2D eigenvalue weighted by atomic mass is 31.1. The van der Waals surface area contributed by atoms with Gasteiger partial charge in [-0.05, 0) is 36.4 Å². The zero-order valence-electron chi connectivity index (χ0n) is 21.5. The topological polar surface area (TPSA) is 43.7 Å². The van der Waals surface area contributed by atoms with Crippen molar-refractivity contribution in [2.45, 2.75) is 0 Å². The summed E-state index contributed by atoms with van der Waals surface area (Å²) in [4.78, 5) is 2.08. The van der Waals surface area contributed by atoms with Crippen molar-refractivity contribution in [1.82, 2.24) is 4.57 Å². The van der Waals surface area contributed by atoms with Gasteiger partial charge >= 0.3 is 5.78 Å². The van der Waals surface area contributed by atoms with Gasteiger partial charge in [0.25, 0.3) is 0 Å². The smallest absolute Gasteiger partial charge is 0.301 e. The van der Waals surface area contributed by atoms with E-state index in [1.54, 1.807) is 6.26 Å². The third-order valence-corrected chi connectivity index (χ3v) is 8.54. The second kappa shape index (κ2) is 10.6. The quantitative estimate of drug-likeness (QED) is 0.181. The highest BCUT2D eigenvalue weighted by Gasteiger charge is 2.22. The molecule has 6 heteroatoms. The minimum absolute atomic E-state index is 0.476. The molecular weight excluding hydrogens is 515 g/mol. The number of hydrogen-bond acceptors (Lipinski definition) is 4. The maximum Gasteiger partial charge on any atom is 0.301 e. The molecular formula is C34H25N2O3P. The summed E-state index contributed by atoms with van der Waals surface area (Å²) < 4.78 is 20.9. The molecule has 0 unspecified atom stereocenters. The van der Waals surface area contributed by atoms with Crippen LogP contribution in [0.5, 0.6) is 5.75 Å². The molecule has 0 saturated carbocycles. The molecule has 4 aromatic carbocycles. The molecule has 7 aromatic rings. The van der Waals surface area contributed by atoms with Crippen LogP contribution in [-0.4, -0.2) is 4.57 Å². The van der Waals surface area contributed by atoms with Crippen LogP contribution in [0.1, 0.15) is 0 Å². The lowest BCUT2D eigenvalue weighted by atomic mass is 10.2. The largest absolute Gasteiger partial charge is 0.464 e. The number of aromatic nitrogens is 1. The van der Waals surface area contributed by atoms with Crippen molar-refractivity contribution in [3.63, 3.8) is 0 Å². The molecule has 0 fully saturated rings. The van der Waals surface area contributed by atoms with Crippen molar-refractivity contribution < 1.29 is 13.4 Å². The Morgan fingerprint density at radius 1 is 0.625 bits per heavy atom. The van der Waals surface area contributed by atoms with Crippen molar-refractivity contribution in [3.8, 4) is 11.4 Å². The van der Waals surface area contributed by atoms with Crippen LogP contribution in [-0.2, 0) is 0 Å². The number of benzene rings is 4. The molecule has 5 nitrogen and oxygen atoms in total. The van der Waals surface area contributed by atoms with Crippen LogP contribution in [0.25, 0.3) is 16.9 Å². The number of anilines is 3. The van der Waals surface area contributed by atoms with Crippen molar-refractivity contribution in [2.75, 3.05) is 4.90 Å². The molecule has 0 N–H and O–H groups in total. The Kier molecular flexibility index (Phi) is 6.41. The van der Waals surface area contributed by atoms with E-state index in [-0.39, 0.29) is 0 Å². The first kappa shape index (κ1) is 24.1. The summed E-state index contributed by atoms with van der Waals surface area (Å²) >= 11 is 0. The summed E-state index contributed by atoms with van der Waals surface area (Å²) in [5.41, 5.74) is 2.81. The van der Waals surface area contributed by atoms with Gasteiger partial charge in [0.1, 0.15) is 12.0 Å². The summed E-state index contributed by atoms with van der Waals surface area (Å²) in [6.45, 7) is 0. The molecule has 0 spiro atoms. The lowest BCUT2D eigenvalue weighted by Gasteiger charge is -2.24. The summed E-state index contributed by atoms with van der Waals surface area (Å²) in [5.74, 6) is 1.91. The number of hydrogen-bond donors (Lipinski definition) is 0. The van der Waals surface area contributed by atoms with Crippen molar-refractivity contribution in [1.29, 1.82) is 0 Å². The summed E-state index contributed by atoms with van der Waals surface area (Å²) in [5, 5.41) is 3.20. The van der Waals surface area contributed by atoms with E-state index in [0.29, 0.717) is 11.7 Å². The maximum absolute atomic E-state index is 6.75. The van der Waals surface area contributed by atoms with E-state index in [1.165, 1.54) is 0 Å². The Morgan fingerprint density at radius 3 is 1.93 bits per heavy atom. The van der Waals surface area contributed by atoms with Crippen LogP contribution < -0.4 is 20.0 Å². The molecule has 0 radical (unpaired) electrons. The molecule has 7 rings (SSSR count). The fourth-order valence-corrected chi connectivity index (χ4v) is 6.47. The van der Waals surface area contributed by atoms with Crippen LogP contribution >= 0.6 is 8.15 Å². The Morgan fingerprint density at radius 2 is 1.25 bits per heavy atom. The predicted molar refractivity (Wildman–Crippen MR) is 162 cm³/mol. The number of furan rings is 2. The standard InChI is InChI=1S/C34H25N2O3P/c1-4-13-26(14-5-1)36(33-24-31-32(25-37-34(31)38-33)35-21-10-11-22-35)27-15-12-16-28(23-27)39-40(29-17-6-2-7-18-29)30-19-8-3-9-20-30/h1-25H. The maximum atomic E-state index is 6.75. The van der Waals surface area contributed by atoms with Crippen molar-refractivity contribution in [2.24, 2.45) is 0 Å². The van der Waals surface area contributed by atoms with Crippen LogP contribution in [0.2, 0.25) is 0 Å². The third-order valence-electron chi connectivity index (χ3n) is 6.61. The van der Waals surface area contributed by atoms with E-state index < -0.39 is 8.15 Å². The lowest BCUT2D eigenvalue weighted by Crippen LogP contribution is -2.15. The SMILES string of the molecule is c1ccc(N(c2cccc(OP(c3ccccc3)c3ccccc3)c2)c2cc3c(-n4cccc4)coc3o2)cc1. The Balaban J connectivity index is 1.29. The molecule has 0 aliphatic carbocycles. The first-order valence-electron chi connectivity index (χ1n) is 13.0. The molecule has 3 heterocycles. The fraction of sp³-hybridized carbons (Fsp3) is 0. The monoisotopic (exact) mass is 540 g/mol. The molecule has 0 amide bonds. The highest BCUT2D eigenvalue weighted by Crippen LogP contribution is 2.43. The van der Waals surface area contributed by atoms with Crippen LogP contribution in [0.4, 0.5) is 17.3 Å². The van der Waals surface area contributed by atoms with Gasteiger partial charge in [-0.15, -0.1) is 0 Å². The van der Waals surface area contributed by atoms with E-state index in [1.807, 2.05) is 77.6 Å². The van der Waals surface area contributed by atoms with Gasteiger partial charge in [0.2, 0.25) is 5.88 Å². The van der Waals surface area contributed by atoms with E-state index >= 15 is 0 Å². The lowest BCUT2D eigenvalue weighted by molar-refractivity contribution is 0.482. The van der Waals surface area contributed by atoms with E-state index in [0.717, 1.165) is 38.8 Å². The first-order chi connectivity index (χ1) is 19.8. The average Bonchev–Trinajstić information content (AvgIpc) is 3.77. The number of rotatable bonds is 8. The van der Waals surface area contributed by atoms with Gasteiger partial charge in [-0.2, -0.15) is 0 Å². The van der Waals surface area contributed by atoms with E-state index in [2.05, 4.69) is 77.7 Å². The molecule has 0 saturated heterocycles. The average molecular weight is 541 g/mol. The zero-order valence-corrected chi connectivity index (χ0v) is 22.4. The second-order valence-corrected chi connectivity index (χ2v) is 11.0. The minimum atomic E-state index is -1.06. The van der Waals surface area contributed by atoms with Gasteiger partial charge in [-0.1, -0.05) is 84.9 Å². The molecule has 3 aromatic heterocycles. The van der Waals surface area contributed by atoms with Gasteiger partial charge in [0.15, 0.2) is 8.15 Å². The Bertz CT molecular complexity index is 1790. The van der Waals surface area contributed by atoms with Crippen LogP contribution in [0.3, 0.4) is 0 Å². The number of para-hydroxylation sites is 1. The Hall–Kier alpha value is -4.99. The van der Waals surface area contributed by atoms with Gasteiger partial charge in [0, 0.05) is 40.8 Å². The zero-order chi connectivity index (χ0) is 26.7. The molecule has 194 valence electrons. The summed E-state index contributed by atoms with van der Waals surface area (Å²) in [6, 6.07) is 45.1. The molecule has 0 bridgehead atoms.